The van der Waals surface area contributed by atoms with Gasteiger partial charge in [-0.05, 0) is 50.5 Å². The first-order valence-electron chi connectivity index (χ1n) is 9.55. The Morgan fingerprint density at radius 2 is 1.82 bits per heavy atom. The molecule has 1 N–H and O–H groups in total. The number of halogens is 1. The predicted octanol–water partition coefficient (Wildman–Crippen LogP) is 4.44. The van der Waals surface area contributed by atoms with E-state index < -0.39 is 0 Å². The summed E-state index contributed by atoms with van der Waals surface area (Å²) >= 11 is 7.38. The van der Waals surface area contributed by atoms with Gasteiger partial charge in [0.15, 0.2) is 0 Å². The highest BCUT2D eigenvalue weighted by molar-refractivity contribution is 7.13. The van der Waals surface area contributed by atoms with Gasteiger partial charge in [0.05, 0.1) is 10.7 Å². The molecule has 1 aromatic carbocycles. The van der Waals surface area contributed by atoms with E-state index in [2.05, 4.69) is 17.2 Å². The van der Waals surface area contributed by atoms with E-state index in [1.54, 1.807) is 29.2 Å². The van der Waals surface area contributed by atoms with E-state index in [1.165, 1.54) is 11.3 Å². The van der Waals surface area contributed by atoms with Crippen LogP contribution in [-0.4, -0.2) is 52.9 Å². The molecule has 0 radical (unpaired) electrons. The quantitative estimate of drug-likeness (QED) is 0.795. The molecule has 0 unspecified atom stereocenters. The lowest BCUT2D eigenvalue weighted by molar-refractivity contribution is 0.0766. The number of nitrogens with one attached hydrogen (secondary N) is 1. The van der Waals surface area contributed by atoms with Crippen LogP contribution >= 0.6 is 22.9 Å². The van der Waals surface area contributed by atoms with Gasteiger partial charge in [0.2, 0.25) is 0 Å². The summed E-state index contributed by atoms with van der Waals surface area (Å²) in [5, 5.41) is 4.53. The molecule has 0 spiro atoms. The van der Waals surface area contributed by atoms with Crippen LogP contribution in [0.1, 0.15) is 40.1 Å². The van der Waals surface area contributed by atoms with E-state index in [0.717, 1.165) is 34.8 Å². The number of hydrogen-bond acceptors (Lipinski definition) is 4. The summed E-state index contributed by atoms with van der Waals surface area (Å²) in [5.41, 5.74) is 1.51. The summed E-state index contributed by atoms with van der Waals surface area (Å²) in [6.45, 7) is 6.29. The Balaban J connectivity index is 1.60. The van der Waals surface area contributed by atoms with E-state index >= 15 is 0 Å². The van der Waals surface area contributed by atoms with Crippen LogP contribution in [0.2, 0.25) is 5.02 Å². The highest BCUT2D eigenvalue weighted by Crippen LogP contribution is 2.22. The molecule has 6 nitrogen and oxygen atoms in total. The summed E-state index contributed by atoms with van der Waals surface area (Å²) < 4.78 is 0. The monoisotopic (exact) mass is 420 g/mol. The van der Waals surface area contributed by atoms with Crippen LogP contribution in [-0.2, 0) is 6.42 Å². The number of aryl methyl sites for hydroxylation is 2. The summed E-state index contributed by atoms with van der Waals surface area (Å²) in [4.78, 5) is 34.3. The first kappa shape index (κ1) is 20.6. The smallest absolute Gasteiger partial charge is 0.321 e. The van der Waals surface area contributed by atoms with Gasteiger partial charge >= 0.3 is 6.03 Å². The molecule has 2 heterocycles. The zero-order valence-electron chi connectivity index (χ0n) is 16.2. The molecule has 1 aliphatic rings. The van der Waals surface area contributed by atoms with Crippen molar-refractivity contribution in [3.05, 3.63) is 44.9 Å². The van der Waals surface area contributed by atoms with Crippen LogP contribution < -0.4 is 5.32 Å². The minimum Gasteiger partial charge on any atom is -0.336 e. The number of urea groups is 1. The number of benzene rings is 1. The zero-order chi connectivity index (χ0) is 20.1. The van der Waals surface area contributed by atoms with Gasteiger partial charge in [-0.3, -0.25) is 4.79 Å². The number of nitrogens with zero attached hydrogens (tertiary/aromatic N) is 3. The Kier molecular flexibility index (Phi) is 6.91. The number of aromatic nitrogens is 1. The molecular formula is C20H25ClN4O2S. The SMILES string of the molecule is CCCc1nc(C)c(C(=O)N2CCCN(C(=O)Nc3ccc(Cl)cc3)CC2)s1. The van der Waals surface area contributed by atoms with Gasteiger partial charge in [-0.1, -0.05) is 18.5 Å². The molecule has 1 aliphatic heterocycles. The van der Waals surface area contributed by atoms with Gasteiger partial charge in [-0.25, -0.2) is 9.78 Å². The fraction of sp³-hybridized carbons (Fsp3) is 0.450. The van der Waals surface area contributed by atoms with Gasteiger partial charge < -0.3 is 15.1 Å². The van der Waals surface area contributed by atoms with Crippen molar-refractivity contribution in [2.75, 3.05) is 31.5 Å². The first-order chi connectivity index (χ1) is 13.5. The van der Waals surface area contributed by atoms with Gasteiger partial charge in [-0.15, -0.1) is 11.3 Å². The van der Waals surface area contributed by atoms with Gasteiger partial charge in [0, 0.05) is 36.9 Å². The molecule has 2 aromatic rings. The maximum atomic E-state index is 13.0. The number of carbonyl (C=O) groups is 2. The normalized spacial score (nSPS) is 14.7. The molecule has 1 fully saturated rings. The number of thiazole rings is 1. The van der Waals surface area contributed by atoms with E-state index in [-0.39, 0.29) is 11.9 Å². The average Bonchev–Trinajstić information content (AvgIpc) is 2.89. The molecule has 28 heavy (non-hydrogen) atoms. The summed E-state index contributed by atoms with van der Waals surface area (Å²) in [7, 11) is 0. The maximum absolute atomic E-state index is 13.0. The van der Waals surface area contributed by atoms with Crippen molar-refractivity contribution in [3.63, 3.8) is 0 Å². The third-order valence-electron chi connectivity index (χ3n) is 4.66. The fourth-order valence-corrected chi connectivity index (χ4v) is 4.43. The number of hydrogen-bond donors (Lipinski definition) is 1. The second-order valence-electron chi connectivity index (χ2n) is 6.84. The van der Waals surface area contributed by atoms with E-state index in [0.29, 0.717) is 36.9 Å². The van der Waals surface area contributed by atoms with Crippen LogP contribution in [0, 0.1) is 6.92 Å². The van der Waals surface area contributed by atoms with Crippen LogP contribution in [0.4, 0.5) is 10.5 Å². The third-order valence-corrected chi connectivity index (χ3v) is 6.12. The molecule has 0 atom stereocenters. The van der Waals surface area contributed by atoms with Crippen molar-refractivity contribution in [2.45, 2.75) is 33.1 Å². The lowest BCUT2D eigenvalue weighted by Gasteiger charge is -2.22. The van der Waals surface area contributed by atoms with Crippen molar-refractivity contribution in [1.82, 2.24) is 14.8 Å². The Morgan fingerprint density at radius 3 is 2.54 bits per heavy atom. The molecule has 150 valence electrons. The lowest BCUT2D eigenvalue weighted by Crippen LogP contribution is -2.39. The van der Waals surface area contributed by atoms with Crippen molar-refractivity contribution < 1.29 is 9.59 Å². The number of amides is 3. The Labute approximate surface area is 174 Å². The van der Waals surface area contributed by atoms with Gasteiger partial charge in [0.25, 0.3) is 5.91 Å². The molecule has 3 amide bonds. The molecule has 0 saturated carbocycles. The molecule has 3 rings (SSSR count). The minimum absolute atomic E-state index is 0.0253. The average molecular weight is 421 g/mol. The highest BCUT2D eigenvalue weighted by Gasteiger charge is 2.25. The molecule has 8 heteroatoms. The fourth-order valence-electron chi connectivity index (χ4n) is 3.17. The van der Waals surface area contributed by atoms with Gasteiger partial charge in [-0.2, -0.15) is 0 Å². The maximum Gasteiger partial charge on any atom is 0.321 e. The summed E-state index contributed by atoms with van der Waals surface area (Å²) in [5.74, 6) is 0.0253. The van der Waals surface area contributed by atoms with E-state index in [1.807, 2.05) is 11.8 Å². The van der Waals surface area contributed by atoms with Crippen LogP contribution in [0.5, 0.6) is 0 Å². The van der Waals surface area contributed by atoms with Crippen molar-refractivity contribution >= 4 is 40.6 Å². The van der Waals surface area contributed by atoms with Crippen molar-refractivity contribution in [1.29, 1.82) is 0 Å². The standard InChI is InChI=1S/C20H25ClN4O2S/c1-3-5-17-22-14(2)18(28-17)19(26)24-10-4-11-25(13-12-24)20(27)23-16-8-6-15(21)7-9-16/h6-9H,3-5,10-13H2,1-2H3,(H,23,27). The second-order valence-corrected chi connectivity index (χ2v) is 8.36. The van der Waals surface area contributed by atoms with Crippen LogP contribution in [0.25, 0.3) is 0 Å². The zero-order valence-corrected chi connectivity index (χ0v) is 17.8. The first-order valence-corrected chi connectivity index (χ1v) is 10.7. The van der Waals surface area contributed by atoms with Crippen LogP contribution in [0.15, 0.2) is 24.3 Å². The number of rotatable bonds is 4. The summed E-state index contributed by atoms with van der Waals surface area (Å²) in [6.07, 6.45) is 2.67. The van der Waals surface area contributed by atoms with Gasteiger partial charge in [0.1, 0.15) is 4.88 Å². The predicted molar refractivity (Wildman–Crippen MR) is 113 cm³/mol. The van der Waals surface area contributed by atoms with E-state index in [4.69, 9.17) is 11.6 Å². The Morgan fingerprint density at radius 1 is 1.14 bits per heavy atom. The van der Waals surface area contributed by atoms with Crippen molar-refractivity contribution in [3.8, 4) is 0 Å². The molecule has 1 aromatic heterocycles. The second kappa shape index (κ2) is 9.39. The highest BCUT2D eigenvalue weighted by atomic mass is 35.5. The molecule has 0 aliphatic carbocycles. The van der Waals surface area contributed by atoms with Crippen LogP contribution in [0.3, 0.4) is 0 Å². The summed E-state index contributed by atoms with van der Waals surface area (Å²) in [6, 6.07) is 6.87. The van der Waals surface area contributed by atoms with E-state index in [9.17, 15) is 9.59 Å². The third kappa shape index (κ3) is 5.02. The topological polar surface area (TPSA) is 65.5 Å². The minimum atomic E-state index is -0.157. The molecule has 1 saturated heterocycles. The van der Waals surface area contributed by atoms with Crippen molar-refractivity contribution in [2.24, 2.45) is 0 Å². The Bertz CT molecular complexity index is 837. The Hall–Kier alpha value is -2.12. The number of carbonyl (C=O) groups excluding carboxylic acids is 2. The lowest BCUT2D eigenvalue weighted by atomic mass is 10.3. The number of anilines is 1. The molecule has 0 bridgehead atoms. The largest absolute Gasteiger partial charge is 0.336 e. The molecular weight excluding hydrogens is 396 g/mol.